The van der Waals surface area contributed by atoms with Gasteiger partial charge in [-0.3, -0.25) is 4.79 Å². The van der Waals surface area contributed by atoms with Crippen molar-refractivity contribution < 1.29 is 9.53 Å². The SMILES string of the molecule is CCc1ccc(C(C)NC(=O)CSc2nnc(-c3ccccc3OC)n2CC)cc1. The van der Waals surface area contributed by atoms with Crippen molar-refractivity contribution in [2.24, 2.45) is 0 Å². The van der Waals surface area contributed by atoms with Gasteiger partial charge in [0.15, 0.2) is 11.0 Å². The van der Waals surface area contributed by atoms with Crippen LogP contribution in [0.2, 0.25) is 0 Å². The summed E-state index contributed by atoms with van der Waals surface area (Å²) in [7, 11) is 1.64. The van der Waals surface area contributed by atoms with Gasteiger partial charge >= 0.3 is 0 Å². The number of rotatable bonds is 9. The molecule has 0 saturated heterocycles. The Kier molecular flexibility index (Phi) is 7.52. The molecule has 0 spiro atoms. The molecule has 1 aromatic heterocycles. The number of hydrogen-bond donors (Lipinski definition) is 1. The first-order valence-electron chi connectivity index (χ1n) is 10.1. The van der Waals surface area contributed by atoms with Gasteiger partial charge in [-0.1, -0.05) is 55.1 Å². The molecule has 0 saturated carbocycles. The fraction of sp³-hybridized carbons (Fsp3) is 0.348. The molecule has 158 valence electrons. The van der Waals surface area contributed by atoms with Crippen molar-refractivity contribution in [2.45, 2.75) is 44.9 Å². The third kappa shape index (κ3) is 5.02. The summed E-state index contributed by atoms with van der Waals surface area (Å²) in [6.07, 6.45) is 1.01. The average molecular weight is 425 g/mol. The molecule has 1 unspecified atom stereocenters. The van der Waals surface area contributed by atoms with Crippen molar-refractivity contribution in [1.82, 2.24) is 20.1 Å². The van der Waals surface area contributed by atoms with Crippen LogP contribution in [0.3, 0.4) is 0 Å². The molecule has 30 heavy (non-hydrogen) atoms. The van der Waals surface area contributed by atoms with Gasteiger partial charge in [-0.15, -0.1) is 10.2 Å². The van der Waals surface area contributed by atoms with Crippen LogP contribution in [-0.4, -0.2) is 33.5 Å². The molecule has 7 heteroatoms. The molecule has 2 aromatic carbocycles. The second-order valence-electron chi connectivity index (χ2n) is 6.92. The molecule has 3 rings (SSSR count). The second kappa shape index (κ2) is 10.3. The number of carbonyl (C=O) groups is 1. The number of amides is 1. The summed E-state index contributed by atoms with van der Waals surface area (Å²) in [6.45, 7) is 6.86. The van der Waals surface area contributed by atoms with Gasteiger partial charge in [-0.2, -0.15) is 0 Å². The van der Waals surface area contributed by atoms with Gasteiger partial charge in [0.05, 0.1) is 24.5 Å². The molecule has 1 amide bonds. The molecule has 1 N–H and O–H groups in total. The van der Waals surface area contributed by atoms with Crippen molar-refractivity contribution in [3.05, 3.63) is 59.7 Å². The summed E-state index contributed by atoms with van der Waals surface area (Å²) in [5, 5.41) is 12.4. The average Bonchev–Trinajstić information content (AvgIpc) is 3.20. The standard InChI is InChI=1S/C23H28N4O2S/c1-5-17-11-13-18(14-12-17)16(3)24-21(28)15-30-23-26-25-22(27(23)6-2)19-9-7-8-10-20(19)29-4/h7-14,16H,5-6,15H2,1-4H3,(H,24,28). The highest BCUT2D eigenvalue weighted by Crippen LogP contribution is 2.30. The fourth-order valence-corrected chi connectivity index (χ4v) is 4.06. The number of thioether (sulfide) groups is 1. The third-order valence-corrected chi connectivity index (χ3v) is 5.95. The number of nitrogens with zero attached hydrogens (tertiary/aromatic N) is 3. The Morgan fingerprint density at radius 3 is 2.53 bits per heavy atom. The number of nitrogens with one attached hydrogen (secondary N) is 1. The molecule has 0 aliphatic heterocycles. The van der Waals surface area contributed by atoms with Gasteiger partial charge < -0.3 is 14.6 Å². The van der Waals surface area contributed by atoms with E-state index >= 15 is 0 Å². The Morgan fingerprint density at radius 1 is 1.13 bits per heavy atom. The van der Waals surface area contributed by atoms with Gasteiger partial charge in [-0.25, -0.2) is 0 Å². The lowest BCUT2D eigenvalue weighted by Crippen LogP contribution is -2.28. The monoisotopic (exact) mass is 424 g/mol. The van der Waals surface area contributed by atoms with E-state index < -0.39 is 0 Å². The van der Waals surface area contributed by atoms with E-state index in [0.29, 0.717) is 11.7 Å². The number of aromatic nitrogens is 3. The molecule has 3 aromatic rings. The molecule has 0 aliphatic carbocycles. The maximum atomic E-state index is 12.5. The second-order valence-corrected chi connectivity index (χ2v) is 7.87. The highest BCUT2D eigenvalue weighted by molar-refractivity contribution is 7.99. The van der Waals surface area contributed by atoms with E-state index in [1.54, 1.807) is 7.11 Å². The highest BCUT2D eigenvalue weighted by Gasteiger charge is 2.18. The van der Waals surface area contributed by atoms with Crippen LogP contribution < -0.4 is 10.1 Å². The lowest BCUT2D eigenvalue weighted by molar-refractivity contribution is -0.119. The first-order valence-corrected chi connectivity index (χ1v) is 11.1. The Bertz CT molecular complexity index is 985. The van der Waals surface area contributed by atoms with E-state index in [9.17, 15) is 4.79 Å². The van der Waals surface area contributed by atoms with E-state index in [2.05, 4.69) is 46.7 Å². The maximum absolute atomic E-state index is 12.5. The minimum absolute atomic E-state index is 0.0310. The number of ether oxygens (including phenoxy) is 1. The van der Waals surface area contributed by atoms with E-state index in [-0.39, 0.29) is 17.7 Å². The normalized spacial score (nSPS) is 11.9. The smallest absolute Gasteiger partial charge is 0.230 e. The maximum Gasteiger partial charge on any atom is 0.230 e. The van der Waals surface area contributed by atoms with Gasteiger partial charge in [0.2, 0.25) is 5.91 Å². The lowest BCUT2D eigenvalue weighted by Gasteiger charge is -2.15. The first-order chi connectivity index (χ1) is 14.6. The highest BCUT2D eigenvalue weighted by atomic mass is 32.2. The summed E-state index contributed by atoms with van der Waals surface area (Å²) in [5.41, 5.74) is 3.27. The number of methoxy groups -OCH3 is 1. The number of para-hydroxylation sites is 1. The third-order valence-electron chi connectivity index (χ3n) is 4.98. The minimum atomic E-state index is -0.0443. The van der Waals surface area contributed by atoms with Crippen LogP contribution in [0.1, 0.15) is 37.9 Å². The summed E-state index contributed by atoms with van der Waals surface area (Å²) in [4.78, 5) is 12.5. The summed E-state index contributed by atoms with van der Waals surface area (Å²) in [5.74, 6) is 1.73. The topological polar surface area (TPSA) is 69.0 Å². The Balaban J connectivity index is 1.65. The van der Waals surface area contributed by atoms with Crippen molar-refractivity contribution >= 4 is 17.7 Å². The quantitative estimate of drug-likeness (QED) is 0.512. The Hall–Kier alpha value is -2.80. The molecular formula is C23H28N4O2S. The molecule has 0 radical (unpaired) electrons. The predicted molar refractivity (Wildman–Crippen MR) is 121 cm³/mol. The molecule has 1 atom stereocenters. The minimum Gasteiger partial charge on any atom is -0.496 e. The zero-order chi connectivity index (χ0) is 21.5. The largest absolute Gasteiger partial charge is 0.496 e. The van der Waals surface area contributed by atoms with E-state index in [1.807, 2.05) is 42.7 Å². The number of aryl methyl sites for hydroxylation is 1. The zero-order valence-electron chi connectivity index (χ0n) is 17.9. The molecule has 0 aliphatic rings. The molecule has 1 heterocycles. The lowest BCUT2D eigenvalue weighted by atomic mass is 10.1. The van der Waals surface area contributed by atoms with Crippen LogP contribution in [0.25, 0.3) is 11.4 Å². The van der Waals surface area contributed by atoms with Crippen LogP contribution in [0.4, 0.5) is 0 Å². The van der Waals surface area contributed by atoms with Crippen LogP contribution in [0.15, 0.2) is 53.7 Å². The van der Waals surface area contributed by atoms with Crippen molar-refractivity contribution in [2.75, 3.05) is 12.9 Å². The summed E-state index contributed by atoms with van der Waals surface area (Å²) < 4.78 is 7.46. The molecular weight excluding hydrogens is 396 g/mol. The van der Waals surface area contributed by atoms with Crippen molar-refractivity contribution in [1.29, 1.82) is 0 Å². The fourth-order valence-electron chi connectivity index (χ4n) is 3.25. The first kappa shape index (κ1) is 21.9. The number of hydrogen-bond acceptors (Lipinski definition) is 5. The van der Waals surface area contributed by atoms with E-state index in [0.717, 1.165) is 29.1 Å². The zero-order valence-corrected chi connectivity index (χ0v) is 18.7. The van der Waals surface area contributed by atoms with Crippen molar-refractivity contribution in [3.8, 4) is 17.1 Å². The van der Waals surface area contributed by atoms with Crippen molar-refractivity contribution in [3.63, 3.8) is 0 Å². The Morgan fingerprint density at radius 2 is 1.87 bits per heavy atom. The summed E-state index contributed by atoms with van der Waals surface area (Å²) >= 11 is 1.39. The number of carbonyl (C=O) groups excluding carboxylic acids is 1. The summed E-state index contributed by atoms with van der Waals surface area (Å²) in [6, 6.07) is 16.0. The molecule has 6 nitrogen and oxygen atoms in total. The molecule has 0 bridgehead atoms. The van der Waals surface area contributed by atoms with Gasteiger partial charge in [0.25, 0.3) is 0 Å². The van der Waals surface area contributed by atoms with Gasteiger partial charge in [0.1, 0.15) is 5.75 Å². The van der Waals surface area contributed by atoms with Crippen LogP contribution >= 0.6 is 11.8 Å². The number of benzene rings is 2. The van der Waals surface area contributed by atoms with Gasteiger partial charge in [-0.05, 0) is 43.5 Å². The Labute approximate surface area is 182 Å². The van der Waals surface area contributed by atoms with E-state index in [1.165, 1.54) is 17.3 Å². The predicted octanol–water partition coefficient (Wildman–Crippen LogP) is 4.51. The van der Waals surface area contributed by atoms with Crippen LogP contribution in [0, 0.1) is 0 Å². The van der Waals surface area contributed by atoms with E-state index in [4.69, 9.17) is 4.74 Å². The van der Waals surface area contributed by atoms with Gasteiger partial charge in [0, 0.05) is 6.54 Å². The van der Waals surface area contributed by atoms with Crippen LogP contribution in [-0.2, 0) is 17.8 Å². The van der Waals surface area contributed by atoms with Crippen LogP contribution in [0.5, 0.6) is 5.75 Å². The molecule has 0 fully saturated rings.